The molecule has 0 amide bonds. The van der Waals surface area contributed by atoms with Crippen molar-refractivity contribution in [2.75, 3.05) is 19.6 Å². The van der Waals surface area contributed by atoms with Crippen molar-refractivity contribution in [3.05, 3.63) is 41.7 Å². The Balaban J connectivity index is 1.43. The molecule has 164 valence electrons. The minimum absolute atomic E-state index is 0.114. The van der Waals surface area contributed by atoms with E-state index >= 15 is 0 Å². The fraction of sp³-hybridized carbons (Fsp3) is 0.591. The molecule has 2 aromatic rings. The van der Waals surface area contributed by atoms with Crippen LogP contribution in [-0.2, 0) is 19.4 Å². The number of aryl methyl sites for hydroxylation is 2. The summed E-state index contributed by atoms with van der Waals surface area (Å²) in [7, 11) is 0. The number of benzene rings is 1. The molecule has 0 bridgehead atoms. The summed E-state index contributed by atoms with van der Waals surface area (Å²) in [6.07, 6.45) is 6.50. The van der Waals surface area contributed by atoms with Crippen LogP contribution in [0.15, 0.2) is 29.3 Å². The Morgan fingerprint density at radius 1 is 1.20 bits per heavy atom. The van der Waals surface area contributed by atoms with Gasteiger partial charge in [-0.2, -0.15) is 0 Å². The lowest BCUT2D eigenvalue weighted by Crippen LogP contribution is -2.38. The number of halogens is 1. The minimum atomic E-state index is -0.270. The van der Waals surface area contributed by atoms with Crippen LogP contribution in [0.5, 0.6) is 5.75 Å². The van der Waals surface area contributed by atoms with E-state index in [-0.39, 0.29) is 11.9 Å². The molecule has 1 aliphatic rings. The molecule has 1 aromatic heterocycles. The molecule has 2 heterocycles. The summed E-state index contributed by atoms with van der Waals surface area (Å²) >= 11 is 0. The van der Waals surface area contributed by atoms with E-state index in [0.29, 0.717) is 12.3 Å². The fourth-order valence-corrected chi connectivity index (χ4v) is 3.53. The third kappa shape index (κ3) is 6.71. The van der Waals surface area contributed by atoms with Gasteiger partial charge in [0.1, 0.15) is 29.3 Å². The second-order valence-electron chi connectivity index (χ2n) is 7.63. The van der Waals surface area contributed by atoms with E-state index in [1.165, 1.54) is 31.4 Å². The Hall–Kier alpha value is -2.64. The molecule has 1 aromatic carbocycles. The molecule has 1 unspecified atom stereocenters. The van der Waals surface area contributed by atoms with E-state index in [0.717, 1.165) is 56.5 Å². The first-order valence-electron chi connectivity index (χ1n) is 11.0. The Morgan fingerprint density at radius 3 is 2.83 bits per heavy atom. The van der Waals surface area contributed by atoms with Gasteiger partial charge in [-0.3, -0.25) is 0 Å². The summed E-state index contributed by atoms with van der Waals surface area (Å²) in [6, 6.07) is 6.05. The second-order valence-corrected chi connectivity index (χ2v) is 7.63. The molecular weight excluding hydrogens is 383 g/mol. The Labute approximate surface area is 178 Å². The zero-order valence-electron chi connectivity index (χ0n) is 18.0. The highest BCUT2D eigenvalue weighted by molar-refractivity contribution is 5.79. The highest BCUT2D eigenvalue weighted by Crippen LogP contribution is 2.15. The number of aromatic nitrogens is 3. The zero-order valence-corrected chi connectivity index (χ0v) is 18.0. The maximum atomic E-state index is 13.0. The van der Waals surface area contributed by atoms with E-state index in [1.807, 2.05) is 13.8 Å². The predicted octanol–water partition coefficient (Wildman–Crippen LogP) is 3.10. The van der Waals surface area contributed by atoms with Gasteiger partial charge < -0.3 is 19.9 Å². The lowest BCUT2D eigenvalue weighted by atomic mass is 10.2. The molecular formula is C22H33FN6O. The average Bonchev–Trinajstić information content (AvgIpc) is 2.97. The molecule has 0 radical (unpaired) electrons. The standard InChI is InChI=1S/C22H33FN6O/c1-3-24-22(26-16-17(2)30-19-12-10-18(23)11-13-19)25-14-7-9-21-28-27-20-8-5-4-6-15-29(20)21/h10-13,17H,3-9,14-16H2,1-2H3,(H2,24,25,26). The largest absolute Gasteiger partial charge is 0.489 e. The first-order chi connectivity index (χ1) is 14.7. The number of nitrogens with zero attached hydrogens (tertiary/aromatic N) is 4. The number of hydrogen-bond donors (Lipinski definition) is 2. The van der Waals surface area contributed by atoms with Gasteiger partial charge >= 0.3 is 0 Å². The fourth-order valence-electron chi connectivity index (χ4n) is 3.53. The lowest BCUT2D eigenvalue weighted by molar-refractivity contribution is 0.230. The SMILES string of the molecule is CCNC(=NCC(C)Oc1ccc(F)cc1)NCCCc1nnc2n1CCCCC2. The van der Waals surface area contributed by atoms with Gasteiger partial charge in [0.15, 0.2) is 5.96 Å². The third-order valence-electron chi connectivity index (χ3n) is 5.06. The van der Waals surface area contributed by atoms with Crippen LogP contribution >= 0.6 is 0 Å². The zero-order chi connectivity index (χ0) is 21.2. The number of aliphatic imine (C=N–C) groups is 1. The van der Waals surface area contributed by atoms with E-state index in [2.05, 4.69) is 30.4 Å². The summed E-state index contributed by atoms with van der Waals surface area (Å²) in [5, 5.41) is 15.4. The first kappa shape index (κ1) is 22.1. The number of rotatable bonds is 9. The topological polar surface area (TPSA) is 76.4 Å². The van der Waals surface area contributed by atoms with Crippen LogP contribution in [0.4, 0.5) is 4.39 Å². The van der Waals surface area contributed by atoms with Crippen LogP contribution in [0.2, 0.25) is 0 Å². The maximum Gasteiger partial charge on any atom is 0.191 e. The molecule has 2 N–H and O–H groups in total. The first-order valence-corrected chi connectivity index (χ1v) is 11.0. The lowest BCUT2D eigenvalue weighted by Gasteiger charge is -2.15. The summed E-state index contributed by atoms with van der Waals surface area (Å²) < 4.78 is 21.1. The highest BCUT2D eigenvalue weighted by atomic mass is 19.1. The molecule has 0 saturated heterocycles. The van der Waals surface area contributed by atoms with Crippen molar-refractivity contribution in [3.63, 3.8) is 0 Å². The molecule has 1 atom stereocenters. The van der Waals surface area contributed by atoms with Crippen molar-refractivity contribution in [1.29, 1.82) is 0 Å². The van der Waals surface area contributed by atoms with Crippen molar-refractivity contribution in [1.82, 2.24) is 25.4 Å². The summed E-state index contributed by atoms with van der Waals surface area (Å²) in [5.41, 5.74) is 0. The molecule has 30 heavy (non-hydrogen) atoms. The molecule has 0 spiro atoms. The minimum Gasteiger partial charge on any atom is -0.489 e. The van der Waals surface area contributed by atoms with Crippen LogP contribution < -0.4 is 15.4 Å². The number of guanidine groups is 1. The quantitative estimate of drug-likeness (QED) is 0.373. The number of fused-ring (bicyclic) bond motifs is 1. The van der Waals surface area contributed by atoms with Crippen molar-refractivity contribution >= 4 is 5.96 Å². The van der Waals surface area contributed by atoms with Crippen molar-refractivity contribution in [3.8, 4) is 5.75 Å². The second kappa shape index (κ2) is 11.5. The van der Waals surface area contributed by atoms with Crippen molar-refractivity contribution < 1.29 is 9.13 Å². The Morgan fingerprint density at radius 2 is 2.03 bits per heavy atom. The van der Waals surface area contributed by atoms with Gasteiger partial charge in [0, 0.05) is 32.5 Å². The van der Waals surface area contributed by atoms with Gasteiger partial charge in [-0.1, -0.05) is 6.42 Å². The number of nitrogens with one attached hydrogen (secondary N) is 2. The van der Waals surface area contributed by atoms with Crippen LogP contribution in [0, 0.1) is 5.82 Å². The van der Waals surface area contributed by atoms with Gasteiger partial charge in [-0.05, 0) is 57.4 Å². The van der Waals surface area contributed by atoms with E-state index in [1.54, 1.807) is 12.1 Å². The maximum absolute atomic E-state index is 13.0. The summed E-state index contributed by atoms with van der Waals surface area (Å²) in [5.74, 6) is 3.38. The monoisotopic (exact) mass is 416 g/mol. The van der Waals surface area contributed by atoms with E-state index < -0.39 is 0 Å². The molecule has 3 rings (SSSR count). The normalized spacial score (nSPS) is 15.2. The van der Waals surface area contributed by atoms with E-state index in [4.69, 9.17) is 4.74 Å². The van der Waals surface area contributed by atoms with E-state index in [9.17, 15) is 4.39 Å². The molecule has 1 aliphatic heterocycles. The predicted molar refractivity (Wildman–Crippen MR) is 116 cm³/mol. The van der Waals surface area contributed by atoms with Crippen LogP contribution in [0.1, 0.15) is 51.2 Å². The molecule has 0 aliphatic carbocycles. The molecule has 8 heteroatoms. The molecule has 0 saturated carbocycles. The van der Waals surface area contributed by atoms with Gasteiger partial charge in [0.05, 0.1) is 6.54 Å². The van der Waals surface area contributed by atoms with Crippen LogP contribution in [0.3, 0.4) is 0 Å². The summed E-state index contributed by atoms with van der Waals surface area (Å²) in [6.45, 7) is 7.14. The van der Waals surface area contributed by atoms with Gasteiger partial charge in [0.25, 0.3) is 0 Å². The summed E-state index contributed by atoms with van der Waals surface area (Å²) in [4.78, 5) is 4.61. The Bertz CT molecular complexity index is 804. The van der Waals surface area contributed by atoms with Gasteiger partial charge in [-0.15, -0.1) is 10.2 Å². The number of ether oxygens (including phenoxy) is 1. The number of hydrogen-bond acceptors (Lipinski definition) is 4. The smallest absolute Gasteiger partial charge is 0.191 e. The molecule has 7 nitrogen and oxygen atoms in total. The van der Waals surface area contributed by atoms with Gasteiger partial charge in [-0.25, -0.2) is 9.38 Å². The van der Waals surface area contributed by atoms with Gasteiger partial charge in [0.2, 0.25) is 0 Å². The van der Waals surface area contributed by atoms with Crippen molar-refractivity contribution in [2.45, 2.75) is 65.0 Å². The average molecular weight is 417 g/mol. The van der Waals surface area contributed by atoms with Crippen LogP contribution in [-0.4, -0.2) is 46.5 Å². The third-order valence-corrected chi connectivity index (χ3v) is 5.06. The van der Waals surface area contributed by atoms with Crippen LogP contribution in [0.25, 0.3) is 0 Å². The molecule has 0 fully saturated rings. The Kier molecular flexibility index (Phi) is 8.47. The van der Waals surface area contributed by atoms with Crippen molar-refractivity contribution in [2.24, 2.45) is 4.99 Å². The highest BCUT2D eigenvalue weighted by Gasteiger charge is 2.14.